The number of carbonyl (C=O) groups excluding carboxylic acids is 2. The van der Waals surface area contributed by atoms with E-state index < -0.39 is 11.5 Å². The molecule has 2 atom stereocenters. The van der Waals surface area contributed by atoms with Gasteiger partial charge in [0.05, 0.1) is 19.6 Å². The maximum absolute atomic E-state index is 12.2. The minimum absolute atomic E-state index is 0.000731. The molecule has 1 aromatic rings. The number of ketones is 1. The number of phenolic OH excluding ortho intramolecular Hbond substituents is 1. The molecule has 0 spiro atoms. The standard InChI is InChI=1S/C16H21NO5/c1-10(18)16(2)9-17(15(20)22-4)8-12(16)11-5-6-14(21-3)13(19)7-11/h5-7,12,19H,8-9H2,1-4H3. The van der Waals surface area contributed by atoms with Crippen molar-refractivity contribution in [3.63, 3.8) is 0 Å². The van der Waals surface area contributed by atoms with Gasteiger partial charge in [0.2, 0.25) is 0 Å². The molecule has 1 aliphatic heterocycles. The lowest BCUT2D eigenvalue weighted by Gasteiger charge is -2.27. The number of phenols is 1. The van der Waals surface area contributed by atoms with Gasteiger partial charge in [-0.1, -0.05) is 13.0 Å². The Morgan fingerprint density at radius 3 is 2.55 bits per heavy atom. The van der Waals surface area contributed by atoms with Gasteiger partial charge in [0, 0.05) is 19.0 Å². The van der Waals surface area contributed by atoms with Crippen LogP contribution in [0, 0.1) is 5.41 Å². The highest BCUT2D eigenvalue weighted by Crippen LogP contribution is 2.45. The number of carbonyl (C=O) groups is 2. The Morgan fingerprint density at radius 1 is 1.36 bits per heavy atom. The van der Waals surface area contributed by atoms with Gasteiger partial charge in [-0.3, -0.25) is 4.79 Å². The van der Waals surface area contributed by atoms with Crippen molar-refractivity contribution in [3.8, 4) is 11.5 Å². The van der Waals surface area contributed by atoms with Gasteiger partial charge in [-0.25, -0.2) is 4.79 Å². The van der Waals surface area contributed by atoms with Gasteiger partial charge in [-0.2, -0.15) is 0 Å². The average Bonchev–Trinajstić information content (AvgIpc) is 2.85. The number of nitrogens with zero attached hydrogens (tertiary/aromatic N) is 1. The third kappa shape index (κ3) is 2.61. The van der Waals surface area contributed by atoms with E-state index >= 15 is 0 Å². The molecule has 1 heterocycles. The third-order valence-electron chi connectivity index (χ3n) is 4.53. The summed E-state index contributed by atoms with van der Waals surface area (Å²) in [6.07, 6.45) is -0.451. The topological polar surface area (TPSA) is 76.1 Å². The van der Waals surface area contributed by atoms with Crippen LogP contribution in [0.3, 0.4) is 0 Å². The van der Waals surface area contributed by atoms with Gasteiger partial charge >= 0.3 is 6.09 Å². The van der Waals surface area contributed by atoms with Crippen molar-refractivity contribution in [1.82, 2.24) is 4.90 Å². The molecule has 1 aliphatic rings. The molecule has 2 rings (SSSR count). The molecule has 2 unspecified atom stereocenters. The van der Waals surface area contributed by atoms with E-state index in [1.165, 1.54) is 26.0 Å². The van der Waals surface area contributed by atoms with Crippen LogP contribution in [-0.4, -0.2) is 49.2 Å². The van der Waals surface area contributed by atoms with Crippen LogP contribution in [0.5, 0.6) is 11.5 Å². The van der Waals surface area contributed by atoms with E-state index in [0.29, 0.717) is 18.8 Å². The number of ether oxygens (including phenoxy) is 2. The average molecular weight is 307 g/mol. The fourth-order valence-electron chi connectivity index (χ4n) is 3.01. The Bertz CT molecular complexity index is 600. The molecular formula is C16H21NO5. The second-order valence-corrected chi connectivity index (χ2v) is 5.81. The van der Waals surface area contributed by atoms with Crippen LogP contribution in [0.15, 0.2) is 18.2 Å². The Morgan fingerprint density at radius 2 is 2.05 bits per heavy atom. The predicted molar refractivity (Wildman–Crippen MR) is 80.2 cm³/mol. The second-order valence-electron chi connectivity index (χ2n) is 5.81. The lowest BCUT2D eigenvalue weighted by atomic mass is 9.73. The molecule has 0 saturated carbocycles. The number of benzene rings is 1. The monoisotopic (exact) mass is 307 g/mol. The largest absolute Gasteiger partial charge is 0.504 e. The number of hydrogen-bond acceptors (Lipinski definition) is 5. The Labute approximate surface area is 129 Å². The van der Waals surface area contributed by atoms with E-state index in [9.17, 15) is 14.7 Å². The highest BCUT2D eigenvalue weighted by atomic mass is 16.5. The van der Waals surface area contributed by atoms with Crippen molar-refractivity contribution in [2.75, 3.05) is 27.3 Å². The van der Waals surface area contributed by atoms with Crippen molar-refractivity contribution in [2.45, 2.75) is 19.8 Å². The number of rotatable bonds is 3. The summed E-state index contributed by atoms with van der Waals surface area (Å²) in [4.78, 5) is 25.5. The van der Waals surface area contributed by atoms with Crippen LogP contribution in [0.2, 0.25) is 0 Å². The van der Waals surface area contributed by atoms with Crippen LogP contribution in [-0.2, 0) is 9.53 Å². The maximum atomic E-state index is 12.2. The van der Waals surface area contributed by atoms with E-state index in [1.807, 2.05) is 13.0 Å². The highest BCUT2D eigenvalue weighted by Gasteiger charge is 2.49. The second kappa shape index (κ2) is 5.87. The highest BCUT2D eigenvalue weighted by molar-refractivity contribution is 5.85. The van der Waals surface area contributed by atoms with Gasteiger partial charge in [-0.05, 0) is 24.6 Å². The van der Waals surface area contributed by atoms with E-state index in [2.05, 4.69) is 0 Å². The molecule has 0 radical (unpaired) electrons. The molecule has 1 aromatic carbocycles. The zero-order chi connectivity index (χ0) is 16.5. The van der Waals surface area contributed by atoms with Crippen molar-refractivity contribution in [1.29, 1.82) is 0 Å². The van der Waals surface area contributed by atoms with Crippen molar-refractivity contribution in [3.05, 3.63) is 23.8 Å². The van der Waals surface area contributed by atoms with E-state index in [0.717, 1.165) is 5.56 Å². The van der Waals surface area contributed by atoms with E-state index in [-0.39, 0.29) is 17.5 Å². The third-order valence-corrected chi connectivity index (χ3v) is 4.53. The zero-order valence-corrected chi connectivity index (χ0v) is 13.3. The molecule has 0 bridgehead atoms. The first-order chi connectivity index (χ1) is 10.3. The van der Waals surface area contributed by atoms with Gasteiger partial charge in [-0.15, -0.1) is 0 Å². The van der Waals surface area contributed by atoms with Gasteiger partial charge in [0.15, 0.2) is 11.5 Å². The lowest BCUT2D eigenvalue weighted by Crippen LogP contribution is -2.35. The molecule has 1 N–H and O–H groups in total. The number of Topliss-reactive ketones (excluding diaryl/α,β-unsaturated/α-hetero) is 1. The van der Waals surface area contributed by atoms with Crippen molar-refractivity contribution < 1.29 is 24.2 Å². The van der Waals surface area contributed by atoms with Crippen LogP contribution >= 0.6 is 0 Å². The fraction of sp³-hybridized carbons (Fsp3) is 0.500. The molecule has 6 heteroatoms. The van der Waals surface area contributed by atoms with Crippen LogP contribution in [0.1, 0.15) is 25.3 Å². The molecule has 0 aromatic heterocycles. The first-order valence-electron chi connectivity index (χ1n) is 7.04. The van der Waals surface area contributed by atoms with Crippen molar-refractivity contribution >= 4 is 11.9 Å². The van der Waals surface area contributed by atoms with Gasteiger partial charge < -0.3 is 19.5 Å². The van der Waals surface area contributed by atoms with Crippen LogP contribution < -0.4 is 4.74 Å². The Hall–Kier alpha value is -2.24. The Balaban J connectivity index is 2.40. The molecule has 0 aliphatic carbocycles. The predicted octanol–water partition coefficient (Wildman–Crippen LogP) is 2.16. The number of methoxy groups -OCH3 is 2. The summed E-state index contributed by atoms with van der Waals surface area (Å²) in [7, 11) is 2.79. The summed E-state index contributed by atoms with van der Waals surface area (Å²) < 4.78 is 9.80. The number of likely N-dealkylation sites (tertiary alicyclic amines) is 1. The first kappa shape index (κ1) is 16.1. The smallest absolute Gasteiger partial charge is 0.409 e. The fourth-order valence-corrected chi connectivity index (χ4v) is 3.01. The molecular weight excluding hydrogens is 286 g/mol. The number of hydrogen-bond donors (Lipinski definition) is 1. The van der Waals surface area contributed by atoms with Crippen molar-refractivity contribution in [2.24, 2.45) is 5.41 Å². The molecule has 22 heavy (non-hydrogen) atoms. The normalized spacial score (nSPS) is 24.2. The lowest BCUT2D eigenvalue weighted by molar-refractivity contribution is -0.125. The Kier molecular flexibility index (Phi) is 4.30. The molecule has 6 nitrogen and oxygen atoms in total. The summed E-state index contributed by atoms with van der Waals surface area (Å²) in [6.45, 7) is 4.03. The van der Waals surface area contributed by atoms with Gasteiger partial charge in [0.25, 0.3) is 0 Å². The summed E-state index contributed by atoms with van der Waals surface area (Å²) in [5.41, 5.74) is 0.0808. The molecule has 1 saturated heterocycles. The van der Waals surface area contributed by atoms with E-state index in [4.69, 9.17) is 9.47 Å². The number of aromatic hydroxyl groups is 1. The minimum Gasteiger partial charge on any atom is -0.504 e. The molecule has 120 valence electrons. The zero-order valence-electron chi connectivity index (χ0n) is 13.3. The molecule has 1 fully saturated rings. The summed E-state index contributed by atoms with van der Waals surface area (Å²) in [5.74, 6) is 0.179. The minimum atomic E-state index is -0.713. The van der Waals surface area contributed by atoms with Gasteiger partial charge in [0.1, 0.15) is 5.78 Å². The maximum Gasteiger partial charge on any atom is 0.409 e. The quantitative estimate of drug-likeness (QED) is 0.926. The van der Waals surface area contributed by atoms with Crippen LogP contribution in [0.4, 0.5) is 4.79 Å². The SMILES string of the molecule is COC(=O)N1CC(c2ccc(OC)c(O)c2)C(C)(C(C)=O)C1. The molecule has 1 amide bonds. The van der Waals surface area contributed by atoms with Crippen LogP contribution in [0.25, 0.3) is 0 Å². The van der Waals surface area contributed by atoms with E-state index in [1.54, 1.807) is 12.1 Å². The summed E-state index contributed by atoms with van der Waals surface area (Å²) in [6, 6.07) is 5.06. The summed E-state index contributed by atoms with van der Waals surface area (Å²) in [5, 5.41) is 9.97. The summed E-state index contributed by atoms with van der Waals surface area (Å²) >= 11 is 0. The number of amides is 1. The first-order valence-corrected chi connectivity index (χ1v) is 7.04.